The van der Waals surface area contributed by atoms with E-state index < -0.39 is 6.10 Å². The highest BCUT2D eigenvalue weighted by Gasteiger charge is 2.29. The molecule has 0 aliphatic carbocycles. The van der Waals surface area contributed by atoms with E-state index in [1.165, 1.54) is 0 Å². The molecule has 3 heterocycles. The van der Waals surface area contributed by atoms with Crippen molar-refractivity contribution in [2.75, 3.05) is 57.8 Å². The molecule has 2 aliphatic rings. The van der Waals surface area contributed by atoms with E-state index in [4.69, 9.17) is 4.74 Å². The average Bonchev–Trinajstić information content (AvgIpc) is 3.56. The summed E-state index contributed by atoms with van der Waals surface area (Å²) in [6.45, 7) is 13.1. The van der Waals surface area contributed by atoms with Gasteiger partial charge in [-0.25, -0.2) is 0 Å². The number of likely N-dealkylation sites (N-methyl/N-ethyl adjacent to an activating group) is 1. The predicted octanol–water partition coefficient (Wildman–Crippen LogP) is 4.18. The molecule has 0 saturated carbocycles. The number of aromatic amines is 1. The lowest BCUT2D eigenvalue weighted by atomic mass is 9.94. The number of ether oxygens (including phenoxy) is 1. The molecule has 45 heavy (non-hydrogen) atoms. The molecule has 2 atom stereocenters. The third-order valence-electron chi connectivity index (χ3n) is 8.66. The summed E-state index contributed by atoms with van der Waals surface area (Å²) in [4.78, 5) is 34.0. The number of rotatable bonds is 11. The van der Waals surface area contributed by atoms with Crippen LogP contribution in [0.4, 0.5) is 5.69 Å². The lowest BCUT2D eigenvalue weighted by Gasteiger charge is -2.27. The van der Waals surface area contributed by atoms with Gasteiger partial charge in [-0.15, -0.1) is 0 Å². The molecule has 1 fully saturated rings. The van der Waals surface area contributed by atoms with Crippen LogP contribution < -0.4 is 10.6 Å². The second-order valence-corrected chi connectivity index (χ2v) is 11.6. The lowest BCUT2D eigenvalue weighted by molar-refractivity contribution is -0.110. The second-order valence-electron chi connectivity index (χ2n) is 11.6. The summed E-state index contributed by atoms with van der Waals surface area (Å²) in [6, 6.07) is 14.8. The molecule has 2 amide bonds. The van der Waals surface area contributed by atoms with Crippen molar-refractivity contribution in [1.82, 2.24) is 20.1 Å². The van der Waals surface area contributed by atoms with Crippen molar-refractivity contribution in [1.29, 1.82) is 5.26 Å². The monoisotopic (exact) mass is 610 g/mol. The summed E-state index contributed by atoms with van der Waals surface area (Å²) in [7, 11) is 0. The van der Waals surface area contributed by atoms with Crippen LogP contribution in [0.1, 0.15) is 65.2 Å². The molecule has 10 heteroatoms. The molecule has 2 aromatic carbocycles. The number of aliphatic hydroxyl groups excluding tert-OH is 1. The first kappa shape index (κ1) is 32.1. The van der Waals surface area contributed by atoms with Crippen LogP contribution in [-0.4, -0.2) is 90.3 Å². The van der Waals surface area contributed by atoms with E-state index in [0.717, 1.165) is 41.2 Å². The van der Waals surface area contributed by atoms with E-state index in [2.05, 4.69) is 47.4 Å². The van der Waals surface area contributed by atoms with Crippen LogP contribution in [-0.2, 0) is 9.53 Å². The fourth-order valence-electron chi connectivity index (χ4n) is 6.15. The fourth-order valence-corrected chi connectivity index (χ4v) is 6.15. The number of fused-ring (bicyclic) bond motifs is 1. The first-order valence-corrected chi connectivity index (χ1v) is 15.6. The number of aryl methyl sites for hydroxylation is 1. The van der Waals surface area contributed by atoms with Gasteiger partial charge < -0.3 is 35.3 Å². The highest BCUT2D eigenvalue weighted by molar-refractivity contribution is 6.35. The van der Waals surface area contributed by atoms with Gasteiger partial charge in [0.2, 0.25) is 0 Å². The molecule has 236 valence electrons. The summed E-state index contributed by atoms with van der Waals surface area (Å²) in [5, 5.41) is 26.6. The van der Waals surface area contributed by atoms with Crippen LogP contribution >= 0.6 is 0 Å². The van der Waals surface area contributed by atoms with E-state index in [1.54, 1.807) is 35.2 Å². The lowest BCUT2D eigenvalue weighted by Crippen LogP contribution is -2.40. The number of carbonyl (C=O) groups excluding carboxylic acids is 2. The number of aromatic nitrogens is 1. The number of aliphatic hydroxyl groups is 1. The molecule has 1 saturated heterocycles. The maximum absolute atomic E-state index is 13.3. The number of hydrogen-bond acceptors (Lipinski definition) is 7. The second kappa shape index (κ2) is 14.2. The zero-order valence-corrected chi connectivity index (χ0v) is 26.4. The largest absolute Gasteiger partial charge is 0.390 e. The van der Waals surface area contributed by atoms with E-state index in [1.807, 2.05) is 25.1 Å². The van der Waals surface area contributed by atoms with Crippen molar-refractivity contribution in [2.24, 2.45) is 0 Å². The third kappa shape index (κ3) is 7.02. The minimum absolute atomic E-state index is 0.0841. The van der Waals surface area contributed by atoms with Crippen molar-refractivity contribution in [3.8, 4) is 17.2 Å². The van der Waals surface area contributed by atoms with Crippen LogP contribution in [0.5, 0.6) is 0 Å². The Labute approximate surface area is 264 Å². The minimum atomic E-state index is -0.528. The number of morpholine rings is 1. The van der Waals surface area contributed by atoms with E-state index in [0.29, 0.717) is 67.3 Å². The van der Waals surface area contributed by atoms with Gasteiger partial charge in [-0.1, -0.05) is 26.0 Å². The Morgan fingerprint density at radius 3 is 2.56 bits per heavy atom. The molecule has 0 bridgehead atoms. The van der Waals surface area contributed by atoms with Gasteiger partial charge in [-0.2, -0.15) is 5.26 Å². The fraction of sp³-hybridized carbons (Fsp3) is 0.400. The molecule has 2 aliphatic heterocycles. The zero-order valence-electron chi connectivity index (χ0n) is 26.4. The Hall–Kier alpha value is -4.27. The number of hydrogen-bond donors (Lipinski definition) is 4. The smallest absolute Gasteiger partial charge is 0.256 e. The molecule has 10 nitrogen and oxygen atoms in total. The number of H-pyrrole nitrogens is 1. The summed E-state index contributed by atoms with van der Waals surface area (Å²) in [5.74, 6) is -0.328. The van der Waals surface area contributed by atoms with Gasteiger partial charge in [-0.3, -0.25) is 9.59 Å². The maximum atomic E-state index is 13.3. The topological polar surface area (TPSA) is 134 Å². The number of nitriles is 1. The first-order valence-electron chi connectivity index (χ1n) is 15.6. The molecule has 4 N–H and O–H groups in total. The average molecular weight is 611 g/mol. The maximum Gasteiger partial charge on any atom is 0.256 e. The van der Waals surface area contributed by atoms with Crippen LogP contribution in [0.15, 0.2) is 42.5 Å². The van der Waals surface area contributed by atoms with Gasteiger partial charge in [0, 0.05) is 66.0 Å². The number of benzene rings is 2. The predicted molar refractivity (Wildman–Crippen MR) is 176 cm³/mol. The Morgan fingerprint density at radius 2 is 1.89 bits per heavy atom. The summed E-state index contributed by atoms with van der Waals surface area (Å²) >= 11 is 0. The Morgan fingerprint density at radius 1 is 1.18 bits per heavy atom. The highest BCUT2D eigenvalue weighted by Crippen LogP contribution is 2.39. The Bertz CT molecular complexity index is 1610. The zero-order chi connectivity index (χ0) is 32.1. The summed E-state index contributed by atoms with van der Waals surface area (Å²) in [5.41, 5.74) is 7.35. The molecular weight excluding hydrogens is 568 g/mol. The SMILES string of the molecule is CCN(CC)CC(O)CNC(C)c1c(C)[nH]c(C=C2C(=O)Nc3ccc(C(=O)N4CCOCC4)cc32)c1-c1ccc(C#N)cc1. The van der Waals surface area contributed by atoms with E-state index in [9.17, 15) is 20.0 Å². The highest BCUT2D eigenvalue weighted by atomic mass is 16.5. The molecular formula is C35H42N6O4. The molecule has 0 radical (unpaired) electrons. The van der Waals surface area contributed by atoms with Gasteiger partial charge in [0.15, 0.2) is 0 Å². The van der Waals surface area contributed by atoms with Crippen molar-refractivity contribution in [3.63, 3.8) is 0 Å². The molecule has 0 spiro atoms. The van der Waals surface area contributed by atoms with Crippen LogP contribution in [0.25, 0.3) is 22.8 Å². The number of nitrogens with one attached hydrogen (secondary N) is 3. The minimum Gasteiger partial charge on any atom is -0.390 e. The van der Waals surface area contributed by atoms with Crippen molar-refractivity contribution in [2.45, 2.75) is 39.8 Å². The van der Waals surface area contributed by atoms with Crippen LogP contribution in [0.3, 0.4) is 0 Å². The van der Waals surface area contributed by atoms with Gasteiger partial charge in [0.1, 0.15) is 0 Å². The van der Waals surface area contributed by atoms with Gasteiger partial charge >= 0.3 is 0 Å². The molecule has 1 aromatic heterocycles. The molecule has 3 aromatic rings. The number of amides is 2. The van der Waals surface area contributed by atoms with Crippen LogP contribution in [0, 0.1) is 18.3 Å². The number of carbonyl (C=O) groups is 2. The molecule has 5 rings (SSSR count). The number of nitrogens with zero attached hydrogens (tertiary/aromatic N) is 3. The normalized spacial score (nSPS) is 16.9. The van der Waals surface area contributed by atoms with Crippen molar-refractivity contribution >= 4 is 29.2 Å². The first-order chi connectivity index (χ1) is 21.7. The standard InChI is InChI=1S/C35H42N6O4/c1-5-40(6-2)21-27(42)20-37-22(3)32-23(4)38-31(33(32)25-9-7-24(19-36)8-10-25)18-29-28-17-26(11-12-30(28)39-34(29)43)35(44)41-13-15-45-16-14-41/h7-12,17-18,22,27,37-38,42H,5-6,13-16,20-21H2,1-4H3,(H,39,43). The van der Waals surface area contributed by atoms with E-state index in [-0.39, 0.29) is 17.9 Å². The Balaban J connectivity index is 1.51. The Kier molecular flexibility index (Phi) is 10.2. The van der Waals surface area contributed by atoms with E-state index >= 15 is 0 Å². The van der Waals surface area contributed by atoms with Crippen molar-refractivity contribution < 1.29 is 19.4 Å². The number of anilines is 1. The van der Waals surface area contributed by atoms with Gasteiger partial charge in [0.05, 0.1) is 36.5 Å². The third-order valence-corrected chi connectivity index (χ3v) is 8.66. The molecule has 2 unspecified atom stereocenters. The van der Waals surface area contributed by atoms with Crippen LogP contribution in [0.2, 0.25) is 0 Å². The quantitative estimate of drug-likeness (QED) is 0.240. The summed E-state index contributed by atoms with van der Waals surface area (Å²) < 4.78 is 5.40. The summed E-state index contributed by atoms with van der Waals surface area (Å²) in [6.07, 6.45) is 1.32. The van der Waals surface area contributed by atoms with Gasteiger partial charge in [-0.05, 0) is 74.5 Å². The van der Waals surface area contributed by atoms with Crippen molar-refractivity contribution in [3.05, 3.63) is 76.1 Å². The van der Waals surface area contributed by atoms with Gasteiger partial charge in [0.25, 0.3) is 11.8 Å².